The molecule has 2 aromatic rings. The molecule has 9 heteroatoms. The minimum atomic E-state index is -0.818. The lowest BCUT2D eigenvalue weighted by Gasteiger charge is -2.16. The molecule has 1 heterocycles. The maximum Gasteiger partial charge on any atom is 0.332 e. The van der Waals surface area contributed by atoms with Crippen LogP contribution in [-0.2, 0) is 29.5 Å². The number of nitrogens with zero attached hydrogens (tertiary/aromatic N) is 2. The maximum absolute atomic E-state index is 12.5. The van der Waals surface area contributed by atoms with Crippen molar-refractivity contribution in [1.29, 1.82) is 0 Å². The number of benzene rings is 1. The van der Waals surface area contributed by atoms with Crippen LogP contribution in [0.1, 0.15) is 29.8 Å². The number of Topliss-reactive ketones (excluding diaryl/α,β-unsaturated/α-hetero) is 1. The molecule has 0 bridgehead atoms. The van der Waals surface area contributed by atoms with Gasteiger partial charge in [0.1, 0.15) is 11.4 Å². The maximum atomic E-state index is 12.5. The van der Waals surface area contributed by atoms with Gasteiger partial charge < -0.3 is 10.5 Å². The zero-order chi connectivity index (χ0) is 21.0. The molecular formula is C19H22ClN3O5. The van der Waals surface area contributed by atoms with Gasteiger partial charge in [-0.2, -0.15) is 0 Å². The van der Waals surface area contributed by atoms with Crippen molar-refractivity contribution < 1.29 is 14.3 Å². The molecule has 0 amide bonds. The monoisotopic (exact) mass is 407 g/mol. The van der Waals surface area contributed by atoms with E-state index < -0.39 is 29.6 Å². The fourth-order valence-corrected chi connectivity index (χ4v) is 2.75. The third kappa shape index (κ3) is 4.89. The van der Waals surface area contributed by atoms with Gasteiger partial charge in [0.2, 0.25) is 5.78 Å². The van der Waals surface area contributed by atoms with E-state index in [0.29, 0.717) is 10.6 Å². The van der Waals surface area contributed by atoms with Crippen LogP contribution < -0.4 is 17.0 Å². The second kappa shape index (κ2) is 8.88. The third-order valence-corrected chi connectivity index (χ3v) is 4.29. The predicted molar refractivity (Wildman–Crippen MR) is 106 cm³/mol. The van der Waals surface area contributed by atoms with Gasteiger partial charge in [-0.25, -0.2) is 4.79 Å². The highest BCUT2D eigenvalue weighted by Crippen LogP contribution is 2.11. The number of ether oxygens (including phenoxy) is 1. The summed E-state index contributed by atoms with van der Waals surface area (Å²) >= 11 is 5.79. The topological polar surface area (TPSA) is 113 Å². The van der Waals surface area contributed by atoms with Crippen LogP contribution in [0.2, 0.25) is 5.02 Å². The van der Waals surface area contributed by atoms with Gasteiger partial charge in [0, 0.05) is 18.6 Å². The van der Waals surface area contributed by atoms with Gasteiger partial charge in [-0.05, 0) is 23.6 Å². The standard InChI is InChI=1S/C19H22ClN3O5/c1-11(2)9-23-17(21)16(18(26)22(3)19(23)27)14(24)10-28-15(25)8-12-4-6-13(20)7-5-12/h4-7,11H,8-10,21H2,1-3H3. The first-order chi connectivity index (χ1) is 13.1. The lowest BCUT2D eigenvalue weighted by atomic mass is 10.1. The number of hydrogen-bond donors (Lipinski definition) is 1. The lowest BCUT2D eigenvalue weighted by molar-refractivity contribution is -0.141. The van der Waals surface area contributed by atoms with E-state index in [0.717, 1.165) is 4.57 Å². The summed E-state index contributed by atoms with van der Waals surface area (Å²) in [4.78, 5) is 49.1. The highest BCUT2D eigenvalue weighted by molar-refractivity contribution is 6.30. The van der Waals surface area contributed by atoms with Crippen molar-refractivity contribution in [2.24, 2.45) is 13.0 Å². The number of halogens is 1. The summed E-state index contributed by atoms with van der Waals surface area (Å²) < 4.78 is 6.98. The third-order valence-electron chi connectivity index (χ3n) is 4.04. The number of nitrogen functional groups attached to an aromatic ring is 1. The van der Waals surface area contributed by atoms with Crippen molar-refractivity contribution in [2.75, 3.05) is 12.3 Å². The number of hydrogen-bond acceptors (Lipinski definition) is 6. The number of carbonyl (C=O) groups excluding carboxylic acids is 2. The molecule has 150 valence electrons. The van der Waals surface area contributed by atoms with Crippen LogP contribution in [-0.4, -0.2) is 27.5 Å². The summed E-state index contributed by atoms with van der Waals surface area (Å²) in [6.07, 6.45) is -0.0508. The Balaban J connectivity index is 2.18. The summed E-state index contributed by atoms with van der Waals surface area (Å²) in [7, 11) is 1.27. The lowest BCUT2D eigenvalue weighted by Crippen LogP contribution is -2.43. The van der Waals surface area contributed by atoms with Crippen LogP contribution in [0.15, 0.2) is 33.9 Å². The highest BCUT2D eigenvalue weighted by atomic mass is 35.5. The Morgan fingerprint density at radius 1 is 1.18 bits per heavy atom. The van der Waals surface area contributed by atoms with E-state index in [1.54, 1.807) is 24.3 Å². The van der Waals surface area contributed by atoms with Gasteiger partial charge in [0.15, 0.2) is 6.61 Å². The molecule has 0 saturated carbocycles. The first kappa shape index (κ1) is 21.4. The quantitative estimate of drug-likeness (QED) is 0.548. The molecule has 0 aliphatic heterocycles. The molecule has 0 radical (unpaired) electrons. The van der Waals surface area contributed by atoms with E-state index in [1.165, 1.54) is 11.6 Å². The molecular weight excluding hydrogens is 386 g/mol. The Bertz CT molecular complexity index is 1010. The van der Waals surface area contributed by atoms with Crippen molar-refractivity contribution >= 4 is 29.2 Å². The van der Waals surface area contributed by atoms with Crippen LogP contribution >= 0.6 is 11.6 Å². The minimum absolute atomic E-state index is 0.0508. The fourth-order valence-electron chi connectivity index (χ4n) is 2.63. The summed E-state index contributed by atoms with van der Waals surface area (Å²) in [5.74, 6) is -1.56. The van der Waals surface area contributed by atoms with E-state index in [-0.39, 0.29) is 30.3 Å². The molecule has 0 spiro atoms. The first-order valence-corrected chi connectivity index (χ1v) is 9.02. The Hall–Kier alpha value is -2.87. The summed E-state index contributed by atoms with van der Waals surface area (Å²) in [6.45, 7) is 3.34. The van der Waals surface area contributed by atoms with Crippen LogP contribution in [0.4, 0.5) is 5.82 Å². The number of aromatic nitrogens is 2. The fraction of sp³-hybridized carbons (Fsp3) is 0.368. The van der Waals surface area contributed by atoms with Gasteiger partial charge in [-0.1, -0.05) is 37.6 Å². The molecule has 28 heavy (non-hydrogen) atoms. The molecule has 1 aromatic carbocycles. The molecule has 0 unspecified atom stereocenters. The average molecular weight is 408 g/mol. The van der Waals surface area contributed by atoms with Crippen molar-refractivity contribution in [3.8, 4) is 0 Å². The van der Waals surface area contributed by atoms with Gasteiger partial charge in [0.05, 0.1) is 6.42 Å². The molecule has 0 atom stereocenters. The highest BCUT2D eigenvalue weighted by Gasteiger charge is 2.23. The number of carbonyl (C=O) groups is 2. The van der Waals surface area contributed by atoms with E-state index in [9.17, 15) is 19.2 Å². The van der Waals surface area contributed by atoms with E-state index in [4.69, 9.17) is 22.1 Å². The van der Waals surface area contributed by atoms with Crippen molar-refractivity contribution in [3.63, 3.8) is 0 Å². The molecule has 2 N–H and O–H groups in total. The molecule has 0 saturated heterocycles. The van der Waals surface area contributed by atoms with Crippen LogP contribution in [0, 0.1) is 5.92 Å². The zero-order valence-electron chi connectivity index (χ0n) is 15.9. The van der Waals surface area contributed by atoms with Crippen LogP contribution in [0.5, 0.6) is 0 Å². The Labute approximate surface area is 166 Å². The molecule has 8 nitrogen and oxygen atoms in total. The number of ketones is 1. The molecule has 0 fully saturated rings. The normalized spacial score (nSPS) is 10.9. The summed E-state index contributed by atoms with van der Waals surface area (Å²) in [5, 5.41) is 0.537. The smallest absolute Gasteiger partial charge is 0.332 e. The van der Waals surface area contributed by atoms with Gasteiger partial charge >= 0.3 is 11.7 Å². The van der Waals surface area contributed by atoms with Gasteiger partial charge in [0.25, 0.3) is 5.56 Å². The number of esters is 1. The Morgan fingerprint density at radius 2 is 1.79 bits per heavy atom. The van der Waals surface area contributed by atoms with E-state index in [1.807, 2.05) is 13.8 Å². The number of rotatable bonds is 7. The van der Waals surface area contributed by atoms with Crippen molar-refractivity contribution in [3.05, 3.63) is 61.3 Å². The predicted octanol–water partition coefficient (Wildman–Crippen LogP) is 1.41. The Morgan fingerprint density at radius 3 is 2.36 bits per heavy atom. The van der Waals surface area contributed by atoms with E-state index >= 15 is 0 Å². The second-order valence-electron chi connectivity index (χ2n) is 6.80. The molecule has 1 aromatic heterocycles. The summed E-state index contributed by atoms with van der Waals surface area (Å²) in [6, 6.07) is 6.61. The van der Waals surface area contributed by atoms with Crippen LogP contribution in [0.3, 0.4) is 0 Å². The van der Waals surface area contributed by atoms with Crippen molar-refractivity contribution in [2.45, 2.75) is 26.8 Å². The van der Waals surface area contributed by atoms with Crippen LogP contribution in [0.25, 0.3) is 0 Å². The largest absolute Gasteiger partial charge is 0.457 e. The van der Waals surface area contributed by atoms with Gasteiger partial charge in [-0.3, -0.25) is 23.5 Å². The SMILES string of the molecule is CC(C)Cn1c(N)c(C(=O)COC(=O)Cc2ccc(Cl)cc2)c(=O)n(C)c1=O. The number of nitrogens with two attached hydrogens (primary N) is 1. The Kier molecular flexibility index (Phi) is 6.80. The first-order valence-electron chi connectivity index (χ1n) is 8.64. The molecule has 2 rings (SSSR count). The summed E-state index contributed by atoms with van der Waals surface area (Å²) in [5.41, 5.74) is 4.81. The number of anilines is 1. The second-order valence-corrected chi connectivity index (χ2v) is 7.23. The van der Waals surface area contributed by atoms with Gasteiger partial charge in [-0.15, -0.1) is 0 Å². The molecule has 0 aliphatic carbocycles. The molecule has 0 aliphatic rings. The minimum Gasteiger partial charge on any atom is -0.457 e. The van der Waals surface area contributed by atoms with Crippen molar-refractivity contribution in [1.82, 2.24) is 9.13 Å². The zero-order valence-corrected chi connectivity index (χ0v) is 16.7. The average Bonchev–Trinajstić information content (AvgIpc) is 2.64. The van der Waals surface area contributed by atoms with E-state index in [2.05, 4.69) is 0 Å².